The van der Waals surface area contributed by atoms with E-state index in [1.54, 1.807) is 36.5 Å². The summed E-state index contributed by atoms with van der Waals surface area (Å²) in [5.74, 6) is 1.06. The van der Waals surface area contributed by atoms with Gasteiger partial charge in [0, 0.05) is 43.4 Å². The van der Waals surface area contributed by atoms with Crippen LogP contribution >= 0.6 is 0 Å². The summed E-state index contributed by atoms with van der Waals surface area (Å²) in [4.78, 5) is 34.6. The van der Waals surface area contributed by atoms with E-state index < -0.39 is 40.1 Å². The summed E-state index contributed by atoms with van der Waals surface area (Å²) in [7, 11) is -0.0542. The molecule has 0 saturated carbocycles. The summed E-state index contributed by atoms with van der Waals surface area (Å²) >= 11 is 0. The lowest BCUT2D eigenvalue weighted by molar-refractivity contribution is -0.137. The van der Waals surface area contributed by atoms with Gasteiger partial charge in [0.05, 0.1) is 48.2 Å². The predicted molar refractivity (Wildman–Crippen MR) is 174 cm³/mol. The Morgan fingerprint density at radius 3 is 2.20 bits per heavy atom. The zero-order chi connectivity index (χ0) is 34.9. The molecule has 0 spiro atoms. The van der Waals surface area contributed by atoms with E-state index in [4.69, 9.17) is 18.9 Å². The second-order valence-corrected chi connectivity index (χ2v) is 13.6. The molecule has 3 heterocycles. The van der Waals surface area contributed by atoms with E-state index in [1.807, 2.05) is 4.90 Å². The second kappa shape index (κ2) is 13.4. The van der Waals surface area contributed by atoms with Crippen molar-refractivity contribution in [2.45, 2.75) is 6.18 Å². The normalized spacial score (nSPS) is 16.7. The molecule has 0 unspecified atom stereocenters. The van der Waals surface area contributed by atoms with Gasteiger partial charge in [-0.25, -0.2) is 18.1 Å². The molecule has 49 heavy (non-hydrogen) atoms. The summed E-state index contributed by atoms with van der Waals surface area (Å²) in [5.41, 5.74) is -0.416. The van der Waals surface area contributed by atoms with Gasteiger partial charge in [-0.3, -0.25) is 19.6 Å². The van der Waals surface area contributed by atoms with E-state index in [2.05, 4.69) is 4.98 Å². The Morgan fingerprint density at radius 1 is 0.837 bits per heavy atom. The Balaban J connectivity index is 1.18. The lowest BCUT2D eigenvalue weighted by Crippen LogP contribution is -2.42. The van der Waals surface area contributed by atoms with Crippen molar-refractivity contribution in [1.82, 2.24) is 9.88 Å². The summed E-state index contributed by atoms with van der Waals surface area (Å²) in [6.45, 7) is 0.409. The number of rotatable bonds is 10. The van der Waals surface area contributed by atoms with Gasteiger partial charge in [-0.15, -0.1) is 0 Å². The number of imide groups is 1. The molecule has 2 fully saturated rings. The minimum absolute atomic E-state index is 0.00559. The highest BCUT2D eigenvalue weighted by molar-refractivity contribution is 7.91. The topological polar surface area (TPSA) is 128 Å². The highest BCUT2D eigenvalue weighted by atomic mass is 32.2. The first-order valence-corrected chi connectivity index (χ1v) is 16.9. The van der Waals surface area contributed by atoms with Gasteiger partial charge in [0.1, 0.15) is 30.4 Å². The van der Waals surface area contributed by atoms with Crippen LogP contribution in [0, 0.1) is 0 Å². The molecule has 2 aliphatic heterocycles. The van der Waals surface area contributed by atoms with Gasteiger partial charge in [0.15, 0.2) is 21.3 Å². The van der Waals surface area contributed by atoms with Crippen LogP contribution in [0.4, 0.5) is 29.3 Å². The number of carbonyl (C=O) groups is 2. The van der Waals surface area contributed by atoms with Gasteiger partial charge < -0.3 is 18.9 Å². The first kappa shape index (κ1) is 33.8. The highest BCUT2D eigenvalue weighted by Crippen LogP contribution is 2.39. The minimum Gasteiger partial charge on any atom is -0.493 e. The summed E-state index contributed by atoms with van der Waals surface area (Å²) in [5, 5.41) is 0.649. The fraction of sp³-hybridized carbons (Fsp3) is 0.303. The van der Waals surface area contributed by atoms with E-state index in [0.717, 1.165) is 21.9 Å². The molecule has 3 aromatic carbocycles. The fourth-order valence-corrected chi connectivity index (χ4v) is 6.81. The number of sulfone groups is 1. The smallest absolute Gasteiger partial charge is 0.416 e. The average Bonchev–Trinajstić information content (AvgIpc) is 3.38. The molecule has 0 bridgehead atoms. The third-order valence-electron chi connectivity index (χ3n) is 8.14. The van der Waals surface area contributed by atoms with Crippen LogP contribution < -0.4 is 28.7 Å². The number of alkyl halides is 3. The van der Waals surface area contributed by atoms with E-state index in [-0.39, 0.29) is 35.2 Å². The largest absolute Gasteiger partial charge is 0.493 e. The van der Waals surface area contributed by atoms with Crippen LogP contribution in [0.2, 0.25) is 0 Å². The van der Waals surface area contributed by atoms with Crippen molar-refractivity contribution in [3.63, 3.8) is 0 Å². The second-order valence-electron chi connectivity index (χ2n) is 11.3. The van der Waals surface area contributed by atoms with Crippen LogP contribution in [0.25, 0.3) is 10.9 Å². The number of fused-ring (bicyclic) bond motifs is 1. The van der Waals surface area contributed by atoms with Gasteiger partial charge in [-0.1, -0.05) is 0 Å². The van der Waals surface area contributed by atoms with Crippen molar-refractivity contribution in [3.05, 3.63) is 72.4 Å². The number of hydrogen-bond acceptors (Lipinski definition) is 10. The number of carbonyl (C=O) groups excluding carboxylic acids is 2. The van der Waals surface area contributed by atoms with Crippen LogP contribution in [0.15, 0.2) is 66.9 Å². The number of pyridine rings is 1. The lowest BCUT2D eigenvalue weighted by Gasteiger charge is -2.26. The van der Waals surface area contributed by atoms with Crippen LogP contribution in [0.5, 0.6) is 28.7 Å². The van der Waals surface area contributed by atoms with Gasteiger partial charge in [0.25, 0.3) is 5.91 Å². The Hall–Kier alpha value is -5.09. The summed E-state index contributed by atoms with van der Waals surface area (Å²) in [6.07, 6.45) is -3.18. The maximum absolute atomic E-state index is 13.9. The van der Waals surface area contributed by atoms with Crippen LogP contribution in [-0.2, 0) is 20.8 Å². The van der Waals surface area contributed by atoms with E-state index in [0.29, 0.717) is 53.5 Å². The molecule has 0 radical (unpaired) electrons. The van der Waals surface area contributed by atoms with Crippen molar-refractivity contribution < 1.29 is 50.1 Å². The quantitative estimate of drug-likeness (QED) is 0.205. The minimum atomic E-state index is -4.75. The summed E-state index contributed by atoms with van der Waals surface area (Å²) in [6, 6.07) is 13.3. The van der Waals surface area contributed by atoms with E-state index >= 15 is 0 Å². The summed E-state index contributed by atoms with van der Waals surface area (Å²) < 4.78 is 87.4. The fourth-order valence-electron chi connectivity index (χ4n) is 5.54. The molecule has 2 saturated heterocycles. The molecule has 6 rings (SSSR count). The van der Waals surface area contributed by atoms with Gasteiger partial charge in [0.2, 0.25) is 0 Å². The standard InChI is InChI=1S/C33H31F3N4O8S/c1-45-29-18-26-27(19-30(29)46-2)37-8-7-28(26)48-24-5-3-22(4-6-24)40-31(41)20-39(32(40)42)23-15-21(33(34,35)36)16-25(17-23)47-12-9-38-10-13-49(43,44)14-11-38/h3-8,15-19H,9-14,20H2,1-2H3. The maximum Gasteiger partial charge on any atom is 0.416 e. The van der Waals surface area contributed by atoms with Gasteiger partial charge in [-0.05, 0) is 48.5 Å². The van der Waals surface area contributed by atoms with Crippen LogP contribution in [-0.4, -0.2) is 88.8 Å². The Kier molecular flexibility index (Phi) is 9.26. The number of ether oxygens (including phenoxy) is 4. The maximum atomic E-state index is 13.9. The number of amides is 3. The van der Waals surface area contributed by atoms with E-state index in [9.17, 15) is 31.2 Å². The number of benzene rings is 3. The number of nitrogens with zero attached hydrogens (tertiary/aromatic N) is 4. The Labute approximate surface area is 279 Å². The Morgan fingerprint density at radius 2 is 1.53 bits per heavy atom. The molecule has 0 N–H and O–H groups in total. The molecule has 4 aromatic rings. The van der Waals surface area contributed by atoms with Crippen LogP contribution in [0.1, 0.15) is 5.56 Å². The number of aromatic nitrogens is 1. The highest BCUT2D eigenvalue weighted by Gasteiger charge is 2.40. The molecule has 2 aliphatic rings. The predicted octanol–water partition coefficient (Wildman–Crippen LogP) is 5.15. The first-order chi connectivity index (χ1) is 23.3. The third kappa shape index (κ3) is 7.34. The lowest BCUT2D eigenvalue weighted by atomic mass is 10.1. The molecule has 12 nitrogen and oxygen atoms in total. The molecular weight excluding hydrogens is 669 g/mol. The van der Waals surface area contributed by atoms with Crippen LogP contribution in [0.3, 0.4) is 0 Å². The third-order valence-corrected chi connectivity index (χ3v) is 9.75. The van der Waals surface area contributed by atoms with E-state index in [1.165, 1.54) is 32.4 Å². The zero-order valence-corrected chi connectivity index (χ0v) is 27.2. The average molecular weight is 701 g/mol. The van der Waals surface area contributed by atoms with Gasteiger partial charge in [-0.2, -0.15) is 13.2 Å². The van der Waals surface area contributed by atoms with Crippen molar-refractivity contribution >= 4 is 44.1 Å². The van der Waals surface area contributed by atoms with Crippen molar-refractivity contribution in [2.75, 3.05) is 68.3 Å². The van der Waals surface area contributed by atoms with Gasteiger partial charge >= 0.3 is 12.2 Å². The van der Waals surface area contributed by atoms with Crippen molar-refractivity contribution in [2.24, 2.45) is 0 Å². The number of halogens is 3. The SMILES string of the molecule is COc1cc2nccc(Oc3ccc(N4C(=O)CN(c5cc(OCCN6CCS(=O)(=O)CC6)cc(C(F)(F)F)c5)C4=O)cc3)c2cc1OC. The zero-order valence-electron chi connectivity index (χ0n) is 26.4. The molecule has 1 aromatic heterocycles. The number of anilines is 2. The molecule has 0 atom stereocenters. The molecule has 3 amide bonds. The number of hydrogen-bond donors (Lipinski definition) is 0. The van der Waals surface area contributed by atoms with Crippen molar-refractivity contribution in [1.29, 1.82) is 0 Å². The molecular formula is C33H31F3N4O8S. The molecule has 0 aliphatic carbocycles. The first-order valence-electron chi connectivity index (χ1n) is 15.1. The monoisotopic (exact) mass is 700 g/mol. The molecule has 258 valence electrons. The number of methoxy groups -OCH3 is 2. The number of urea groups is 1. The van der Waals surface area contributed by atoms with Crippen molar-refractivity contribution in [3.8, 4) is 28.7 Å². The molecule has 16 heteroatoms. The Bertz CT molecular complexity index is 1990.